The number of carbonyl (C=O) groups is 2. The van der Waals surface area contributed by atoms with Crippen LogP contribution in [0, 0.1) is 12.8 Å². The van der Waals surface area contributed by atoms with Crippen molar-refractivity contribution in [2.75, 3.05) is 0 Å². The molecule has 1 aromatic heterocycles. The number of imide groups is 1. The topological polar surface area (TPSA) is 55.2 Å². The molecule has 142 valence electrons. The van der Waals surface area contributed by atoms with Gasteiger partial charge in [-0.2, -0.15) is 0 Å². The number of rotatable bonds is 5. The third kappa shape index (κ3) is 3.48. The maximum atomic E-state index is 12.9. The molecular weight excluding hydrogens is 350 g/mol. The van der Waals surface area contributed by atoms with Crippen LogP contribution < -0.4 is 0 Å². The van der Waals surface area contributed by atoms with E-state index in [0.717, 1.165) is 16.8 Å². The van der Waals surface area contributed by atoms with Gasteiger partial charge in [0, 0.05) is 24.5 Å². The van der Waals surface area contributed by atoms with E-state index in [1.165, 1.54) is 10.5 Å². The van der Waals surface area contributed by atoms with Crippen LogP contribution >= 0.6 is 0 Å². The largest absolute Gasteiger partial charge is 0.306 e. The molecule has 1 fully saturated rings. The lowest BCUT2D eigenvalue weighted by molar-refractivity contribution is -0.141. The molecule has 2 atom stereocenters. The third-order valence-corrected chi connectivity index (χ3v) is 5.44. The van der Waals surface area contributed by atoms with E-state index in [1.54, 1.807) is 12.5 Å². The zero-order valence-electron chi connectivity index (χ0n) is 16.1. The van der Waals surface area contributed by atoms with E-state index in [1.807, 2.05) is 73.1 Å². The summed E-state index contributed by atoms with van der Waals surface area (Å²) in [5, 5.41) is 0. The molecule has 0 aliphatic carbocycles. The van der Waals surface area contributed by atoms with E-state index in [2.05, 4.69) is 4.98 Å². The molecule has 1 saturated heterocycles. The van der Waals surface area contributed by atoms with E-state index >= 15 is 0 Å². The van der Waals surface area contributed by atoms with Crippen LogP contribution in [0.15, 0.2) is 67.3 Å². The Labute approximate surface area is 164 Å². The fraction of sp³-hybridized carbons (Fsp3) is 0.261. The van der Waals surface area contributed by atoms with Gasteiger partial charge in [0.25, 0.3) is 0 Å². The molecule has 0 saturated carbocycles. The van der Waals surface area contributed by atoms with Gasteiger partial charge in [-0.05, 0) is 43.5 Å². The summed E-state index contributed by atoms with van der Waals surface area (Å²) >= 11 is 0. The Kier molecular flexibility index (Phi) is 4.82. The molecule has 2 heterocycles. The summed E-state index contributed by atoms with van der Waals surface area (Å²) < 4.78 is 1.91. The molecule has 0 spiro atoms. The lowest BCUT2D eigenvalue weighted by Crippen LogP contribution is -2.33. The van der Waals surface area contributed by atoms with Crippen molar-refractivity contribution < 1.29 is 9.59 Å². The van der Waals surface area contributed by atoms with Crippen LogP contribution in [0.25, 0.3) is 5.69 Å². The number of likely N-dealkylation sites (tertiary alicyclic amines) is 1. The highest BCUT2D eigenvalue weighted by atomic mass is 16.2. The number of aromatic nitrogens is 2. The van der Waals surface area contributed by atoms with Gasteiger partial charge in [0.1, 0.15) is 0 Å². The SMILES string of the molecule is Cc1ccc(C[C@@H]2CC(=O)N([C@@H](C)c3ccc(-n4ccnc4)cc3)C2=O)cc1. The molecule has 5 nitrogen and oxygen atoms in total. The quantitative estimate of drug-likeness (QED) is 0.638. The summed E-state index contributed by atoms with van der Waals surface area (Å²) in [7, 11) is 0. The zero-order chi connectivity index (χ0) is 19.7. The first-order chi connectivity index (χ1) is 13.5. The Morgan fingerprint density at radius 3 is 2.43 bits per heavy atom. The molecule has 28 heavy (non-hydrogen) atoms. The van der Waals surface area contributed by atoms with Gasteiger partial charge in [-0.1, -0.05) is 42.0 Å². The lowest BCUT2D eigenvalue weighted by atomic mass is 9.97. The van der Waals surface area contributed by atoms with Crippen LogP contribution in [0.4, 0.5) is 0 Å². The summed E-state index contributed by atoms with van der Waals surface area (Å²) in [6.07, 6.45) is 6.23. The number of imidazole rings is 1. The fourth-order valence-corrected chi connectivity index (χ4v) is 3.78. The normalized spacial score (nSPS) is 17.9. The maximum absolute atomic E-state index is 12.9. The van der Waals surface area contributed by atoms with Crippen LogP contribution in [0.1, 0.15) is 36.1 Å². The fourth-order valence-electron chi connectivity index (χ4n) is 3.78. The van der Waals surface area contributed by atoms with Crippen molar-refractivity contribution in [2.45, 2.75) is 32.7 Å². The van der Waals surface area contributed by atoms with Crippen molar-refractivity contribution in [3.8, 4) is 5.69 Å². The monoisotopic (exact) mass is 373 g/mol. The van der Waals surface area contributed by atoms with Crippen LogP contribution in [-0.4, -0.2) is 26.3 Å². The number of benzene rings is 2. The molecule has 0 unspecified atom stereocenters. The Morgan fingerprint density at radius 2 is 1.79 bits per heavy atom. The molecule has 2 amide bonds. The van der Waals surface area contributed by atoms with Gasteiger partial charge in [-0.3, -0.25) is 14.5 Å². The van der Waals surface area contributed by atoms with Crippen molar-refractivity contribution in [3.05, 3.63) is 83.9 Å². The van der Waals surface area contributed by atoms with E-state index in [4.69, 9.17) is 0 Å². The Bertz CT molecular complexity index is 976. The number of hydrogen-bond donors (Lipinski definition) is 0. The zero-order valence-corrected chi connectivity index (χ0v) is 16.1. The highest BCUT2D eigenvalue weighted by Crippen LogP contribution is 2.31. The van der Waals surface area contributed by atoms with Crippen LogP contribution in [0.5, 0.6) is 0 Å². The average Bonchev–Trinajstić information content (AvgIpc) is 3.32. The minimum atomic E-state index is -0.278. The van der Waals surface area contributed by atoms with E-state index in [0.29, 0.717) is 6.42 Å². The van der Waals surface area contributed by atoms with Crippen LogP contribution in [-0.2, 0) is 16.0 Å². The number of aryl methyl sites for hydroxylation is 1. The molecule has 4 rings (SSSR count). The van der Waals surface area contributed by atoms with Crippen molar-refractivity contribution in [2.24, 2.45) is 5.92 Å². The standard InChI is InChI=1S/C23H23N3O2/c1-16-3-5-18(6-4-16)13-20-14-22(27)26(23(20)28)17(2)19-7-9-21(10-8-19)25-12-11-24-15-25/h3-12,15,17,20H,13-14H2,1-2H3/t17-,20+/m0/s1. The van der Waals surface area contributed by atoms with Crippen molar-refractivity contribution in [1.82, 2.24) is 14.5 Å². The van der Waals surface area contributed by atoms with E-state index in [9.17, 15) is 9.59 Å². The van der Waals surface area contributed by atoms with Gasteiger partial charge in [0.2, 0.25) is 11.8 Å². The summed E-state index contributed by atoms with van der Waals surface area (Å²) in [5.41, 5.74) is 4.22. The molecule has 1 aliphatic rings. The van der Waals surface area contributed by atoms with Crippen LogP contribution in [0.2, 0.25) is 0 Å². The van der Waals surface area contributed by atoms with Crippen molar-refractivity contribution >= 4 is 11.8 Å². The highest BCUT2D eigenvalue weighted by molar-refractivity contribution is 6.04. The summed E-state index contributed by atoms with van der Waals surface area (Å²) in [6.45, 7) is 3.95. The number of nitrogens with zero attached hydrogens (tertiary/aromatic N) is 3. The summed E-state index contributed by atoms with van der Waals surface area (Å²) in [6, 6.07) is 15.8. The van der Waals surface area contributed by atoms with Crippen LogP contribution in [0.3, 0.4) is 0 Å². The summed E-state index contributed by atoms with van der Waals surface area (Å²) in [4.78, 5) is 31.0. The number of hydrogen-bond acceptors (Lipinski definition) is 3. The Hall–Kier alpha value is -3.21. The smallest absolute Gasteiger partial charge is 0.233 e. The molecule has 2 aromatic carbocycles. The van der Waals surface area contributed by atoms with Gasteiger partial charge < -0.3 is 4.57 Å². The second-order valence-corrected chi connectivity index (χ2v) is 7.43. The van der Waals surface area contributed by atoms with E-state index in [-0.39, 0.29) is 30.2 Å². The molecule has 1 aliphatic heterocycles. The second kappa shape index (κ2) is 7.43. The molecule has 0 bridgehead atoms. The van der Waals surface area contributed by atoms with Crippen molar-refractivity contribution in [1.29, 1.82) is 0 Å². The number of amides is 2. The van der Waals surface area contributed by atoms with E-state index < -0.39 is 0 Å². The Morgan fingerprint density at radius 1 is 1.07 bits per heavy atom. The first-order valence-electron chi connectivity index (χ1n) is 9.52. The predicted molar refractivity (Wildman–Crippen MR) is 107 cm³/mol. The van der Waals surface area contributed by atoms with Gasteiger partial charge in [-0.15, -0.1) is 0 Å². The first-order valence-corrected chi connectivity index (χ1v) is 9.52. The number of carbonyl (C=O) groups excluding carboxylic acids is 2. The predicted octanol–water partition coefficient (Wildman–Crippen LogP) is 3.86. The Balaban J connectivity index is 1.49. The molecule has 5 heteroatoms. The second-order valence-electron chi connectivity index (χ2n) is 7.43. The molecule has 0 radical (unpaired) electrons. The van der Waals surface area contributed by atoms with Gasteiger partial charge >= 0.3 is 0 Å². The molecular formula is C23H23N3O2. The molecule has 0 N–H and O–H groups in total. The van der Waals surface area contributed by atoms with Gasteiger partial charge in [0.05, 0.1) is 18.3 Å². The highest BCUT2D eigenvalue weighted by Gasteiger charge is 2.41. The summed E-state index contributed by atoms with van der Waals surface area (Å²) in [5.74, 6) is -0.437. The minimum absolute atomic E-state index is 0.0724. The van der Waals surface area contributed by atoms with Gasteiger partial charge in [-0.25, -0.2) is 4.98 Å². The van der Waals surface area contributed by atoms with Gasteiger partial charge in [0.15, 0.2) is 0 Å². The molecule has 3 aromatic rings. The lowest BCUT2D eigenvalue weighted by Gasteiger charge is -2.24. The third-order valence-electron chi connectivity index (χ3n) is 5.44. The van der Waals surface area contributed by atoms with Crippen molar-refractivity contribution in [3.63, 3.8) is 0 Å². The minimum Gasteiger partial charge on any atom is -0.306 e. The maximum Gasteiger partial charge on any atom is 0.233 e. The first kappa shape index (κ1) is 18.2. The average molecular weight is 373 g/mol.